The molecule has 0 amide bonds. The van der Waals surface area contributed by atoms with Crippen molar-refractivity contribution in [3.63, 3.8) is 0 Å². The van der Waals surface area contributed by atoms with Crippen LogP contribution in [0.2, 0.25) is 0 Å². The van der Waals surface area contributed by atoms with Crippen LogP contribution in [-0.4, -0.2) is 21.4 Å². The van der Waals surface area contributed by atoms with E-state index in [1.54, 1.807) is 24.5 Å². The Morgan fingerprint density at radius 3 is 2.85 bits per heavy atom. The van der Waals surface area contributed by atoms with Crippen LogP contribution in [0.1, 0.15) is 25.2 Å². The van der Waals surface area contributed by atoms with Crippen molar-refractivity contribution in [1.29, 1.82) is 0 Å². The Balaban J connectivity index is 2.27. The average Bonchev–Trinajstić information content (AvgIpc) is 2.89. The highest BCUT2D eigenvalue weighted by Crippen LogP contribution is 2.24. The molecule has 0 bridgehead atoms. The van der Waals surface area contributed by atoms with Gasteiger partial charge in [-0.1, -0.05) is 13.8 Å². The van der Waals surface area contributed by atoms with Gasteiger partial charge in [-0.05, 0) is 17.5 Å². The highest BCUT2D eigenvalue weighted by molar-refractivity contribution is 5.57. The summed E-state index contributed by atoms with van der Waals surface area (Å²) >= 11 is 0. The first-order valence-electron chi connectivity index (χ1n) is 6.55. The van der Waals surface area contributed by atoms with Crippen LogP contribution in [0, 0.1) is 16.0 Å². The second kappa shape index (κ2) is 6.18. The molecular weight excluding hydrogens is 256 g/mol. The van der Waals surface area contributed by atoms with Crippen molar-refractivity contribution in [2.45, 2.75) is 20.3 Å². The Morgan fingerprint density at radius 2 is 2.25 bits per heavy atom. The Kier molecular flexibility index (Phi) is 4.34. The fraction of sp³-hybridized carbons (Fsp3) is 0.357. The van der Waals surface area contributed by atoms with Crippen molar-refractivity contribution >= 4 is 11.4 Å². The van der Waals surface area contributed by atoms with E-state index in [-0.39, 0.29) is 10.6 Å². The fourth-order valence-electron chi connectivity index (χ4n) is 1.90. The van der Waals surface area contributed by atoms with E-state index in [0.717, 1.165) is 23.6 Å². The third-order valence-corrected chi connectivity index (χ3v) is 2.91. The van der Waals surface area contributed by atoms with Crippen molar-refractivity contribution < 1.29 is 4.92 Å². The zero-order valence-electron chi connectivity index (χ0n) is 11.6. The molecule has 6 nitrogen and oxygen atoms in total. The molecule has 2 aromatic rings. The molecule has 1 heterocycles. The first-order chi connectivity index (χ1) is 9.56. The lowest BCUT2D eigenvalue weighted by molar-refractivity contribution is -0.384. The molecule has 0 radical (unpaired) electrons. The van der Waals surface area contributed by atoms with Crippen LogP contribution in [0.5, 0.6) is 0 Å². The van der Waals surface area contributed by atoms with Gasteiger partial charge in [0, 0.05) is 43.2 Å². The summed E-state index contributed by atoms with van der Waals surface area (Å²) in [7, 11) is 0. The van der Waals surface area contributed by atoms with Crippen molar-refractivity contribution in [2.24, 2.45) is 5.92 Å². The Hall–Kier alpha value is -2.37. The molecule has 0 unspecified atom stereocenters. The molecule has 0 saturated carbocycles. The van der Waals surface area contributed by atoms with E-state index in [4.69, 9.17) is 0 Å². The summed E-state index contributed by atoms with van der Waals surface area (Å²) in [6, 6.07) is 4.89. The van der Waals surface area contributed by atoms with Crippen LogP contribution in [0.3, 0.4) is 0 Å². The molecule has 1 aromatic heterocycles. The van der Waals surface area contributed by atoms with E-state index >= 15 is 0 Å². The number of anilines is 1. The number of hydrogen-bond donors (Lipinski definition) is 2. The second-order valence-electron chi connectivity index (χ2n) is 5.09. The van der Waals surface area contributed by atoms with Gasteiger partial charge in [-0.15, -0.1) is 0 Å². The van der Waals surface area contributed by atoms with Crippen LogP contribution < -0.4 is 5.32 Å². The molecule has 6 heteroatoms. The average molecular weight is 274 g/mol. The van der Waals surface area contributed by atoms with Crippen LogP contribution in [-0.2, 0) is 6.42 Å². The number of aromatic nitrogens is 2. The highest BCUT2D eigenvalue weighted by atomic mass is 16.6. The van der Waals surface area contributed by atoms with E-state index in [9.17, 15) is 10.1 Å². The number of nitrogens with one attached hydrogen (secondary N) is 2. The fourth-order valence-corrected chi connectivity index (χ4v) is 1.90. The molecular formula is C14H18N4O2. The van der Waals surface area contributed by atoms with Crippen molar-refractivity contribution in [3.05, 3.63) is 52.1 Å². The lowest BCUT2D eigenvalue weighted by Gasteiger charge is -2.13. The number of nitrogens with zero attached hydrogens (tertiary/aromatic N) is 2. The van der Waals surface area contributed by atoms with E-state index in [2.05, 4.69) is 29.1 Å². The number of H-pyrrole nitrogens is 1. The summed E-state index contributed by atoms with van der Waals surface area (Å²) in [5, 5.41) is 14.2. The maximum atomic E-state index is 10.9. The van der Waals surface area contributed by atoms with Gasteiger partial charge in [0.2, 0.25) is 0 Å². The van der Waals surface area contributed by atoms with Gasteiger partial charge < -0.3 is 10.3 Å². The zero-order valence-corrected chi connectivity index (χ0v) is 11.6. The normalized spacial score (nSPS) is 10.8. The molecule has 0 fully saturated rings. The monoisotopic (exact) mass is 274 g/mol. The molecule has 0 aliphatic heterocycles. The van der Waals surface area contributed by atoms with Crippen molar-refractivity contribution in [3.8, 4) is 0 Å². The summed E-state index contributed by atoms with van der Waals surface area (Å²) in [5.41, 5.74) is 1.89. The lowest BCUT2D eigenvalue weighted by atomic mass is 10.1. The van der Waals surface area contributed by atoms with Crippen LogP contribution >= 0.6 is 0 Å². The second-order valence-corrected chi connectivity index (χ2v) is 5.09. The van der Waals surface area contributed by atoms with Gasteiger partial charge in [0.15, 0.2) is 0 Å². The van der Waals surface area contributed by atoms with E-state index < -0.39 is 0 Å². The molecule has 0 atom stereocenters. The molecule has 0 saturated heterocycles. The van der Waals surface area contributed by atoms with Gasteiger partial charge in [0.1, 0.15) is 5.82 Å². The van der Waals surface area contributed by atoms with Gasteiger partial charge in [-0.25, -0.2) is 4.98 Å². The number of imidazole rings is 1. The van der Waals surface area contributed by atoms with Crippen molar-refractivity contribution in [2.75, 3.05) is 11.9 Å². The number of nitro groups is 1. The molecule has 1 aromatic carbocycles. The summed E-state index contributed by atoms with van der Waals surface area (Å²) in [6.07, 6.45) is 3.96. The smallest absolute Gasteiger partial charge is 0.269 e. The number of nitro benzene ring substituents is 1. The predicted octanol–water partition coefficient (Wildman–Crippen LogP) is 2.98. The lowest BCUT2D eigenvalue weighted by Crippen LogP contribution is -2.10. The van der Waals surface area contributed by atoms with E-state index in [0.29, 0.717) is 12.3 Å². The minimum atomic E-state index is -0.377. The molecule has 0 aliphatic carbocycles. The number of non-ortho nitro benzene ring substituents is 1. The summed E-state index contributed by atoms with van der Waals surface area (Å²) in [6.45, 7) is 5.05. The predicted molar refractivity (Wildman–Crippen MR) is 77.8 cm³/mol. The SMILES string of the molecule is CC(C)CNc1ccc([N+](=O)[O-])cc1Cc1ncc[nH]1. The van der Waals surface area contributed by atoms with Gasteiger partial charge in [0.05, 0.1) is 4.92 Å². The minimum absolute atomic E-state index is 0.0988. The number of hydrogen-bond acceptors (Lipinski definition) is 4. The molecule has 106 valence electrons. The van der Waals surface area contributed by atoms with E-state index in [1.807, 2.05) is 0 Å². The van der Waals surface area contributed by atoms with Crippen LogP contribution in [0.4, 0.5) is 11.4 Å². The first-order valence-corrected chi connectivity index (χ1v) is 6.55. The Labute approximate surface area is 117 Å². The maximum Gasteiger partial charge on any atom is 0.269 e. The summed E-state index contributed by atoms with van der Waals surface area (Å²) in [5.74, 6) is 1.29. The first kappa shape index (κ1) is 14.0. The number of aromatic amines is 1. The largest absolute Gasteiger partial charge is 0.385 e. The Bertz CT molecular complexity index is 579. The zero-order chi connectivity index (χ0) is 14.5. The molecule has 0 aliphatic rings. The molecule has 2 rings (SSSR count). The van der Waals surface area contributed by atoms with Gasteiger partial charge >= 0.3 is 0 Å². The summed E-state index contributed by atoms with van der Waals surface area (Å²) in [4.78, 5) is 17.7. The minimum Gasteiger partial charge on any atom is -0.385 e. The quantitative estimate of drug-likeness (QED) is 0.626. The molecule has 0 spiro atoms. The van der Waals surface area contributed by atoms with Crippen molar-refractivity contribution in [1.82, 2.24) is 9.97 Å². The third-order valence-electron chi connectivity index (χ3n) is 2.91. The number of rotatable bonds is 6. The van der Waals surface area contributed by atoms with Gasteiger partial charge in [-0.3, -0.25) is 10.1 Å². The summed E-state index contributed by atoms with van der Waals surface area (Å²) < 4.78 is 0. The maximum absolute atomic E-state index is 10.9. The van der Waals surface area contributed by atoms with Gasteiger partial charge in [0.25, 0.3) is 5.69 Å². The molecule has 2 N–H and O–H groups in total. The van der Waals surface area contributed by atoms with E-state index in [1.165, 1.54) is 6.07 Å². The Morgan fingerprint density at radius 1 is 1.45 bits per heavy atom. The van der Waals surface area contributed by atoms with Crippen LogP contribution in [0.15, 0.2) is 30.6 Å². The third kappa shape index (κ3) is 3.57. The molecule has 20 heavy (non-hydrogen) atoms. The van der Waals surface area contributed by atoms with Crippen LogP contribution in [0.25, 0.3) is 0 Å². The standard InChI is InChI=1S/C14H18N4O2/c1-10(2)9-17-13-4-3-12(18(19)20)7-11(13)8-14-15-5-6-16-14/h3-7,10,17H,8-9H2,1-2H3,(H,15,16). The van der Waals surface area contributed by atoms with Gasteiger partial charge in [-0.2, -0.15) is 0 Å². The topological polar surface area (TPSA) is 83.8 Å². The number of benzene rings is 1. The highest BCUT2D eigenvalue weighted by Gasteiger charge is 2.12.